The van der Waals surface area contributed by atoms with Gasteiger partial charge in [-0.3, -0.25) is 0 Å². The van der Waals surface area contributed by atoms with Crippen molar-refractivity contribution in [2.75, 3.05) is 42.7 Å². The Bertz CT molecular complexity index is 760. The first-order valence-electron chi connectivity index (χ1n) is 7.80. The summed E-state index contributed by atoms with van der Waals surface area (Å²) in [5.41, 5.74) is -3.50. The molecule has 0 aliphatic carbocycles. The molecule has 0 aliphatic heterocycles. The van der Waals surface area contributed by atoms with Crippen LogP contribution in [0.4, 0.5) is 0 Å². The zero-order valence-electron chi connectivity index (χ0n) is 17.1. The number of carbonyl (C=O) groups excluding carboxylic acids is 6. The number of methoxy groups -OCH3 is 6. The maximum Gasteiger partial charge on any atom is 0.339 e. The van der Waals surface area contributed by atoms with E-state index in [9.17, 15) is 28.8 Å². The first kappa shape index (κ1) is 26.0. The number of esters is 6. The molecule has 0 heterocycles. The molecule has 30 heavy (non-hydrogen) atoms. The summed E-state index contributed by atoms with van der Waals surface area (Å²) >= 11 is 0. The second kappa shape index (κ2) is 12.5. The molecule has 0 rings (SSSR count). The van der Waals surface area contributed by atoms with E-state index in [1.54, 1.807) is 0 Å². The summed E-state index contributed by atoms with van der Waals surface area (Å²) in [7, 11) is 5.59. The monoisotopic (exact) mass is 428 g/mol. The van der Waals surface area contributed by atoms with Gasteiger partial charge in [0.2, 0.25) is 0 Å². The summed E-state index contributed by atoms with van der Waals surface area (Å²) in [5, 5.41) is 0. The Labute approximate surface area is 171 Å². The number of hydrogen-bond donors (Lipinski definition) is 0. The van der Waals surface area contributed by atoms with Crippen molar-refractivity contribution in [2.45, 2.75) is 0 Å². The molecule has 0 amide bonds. The van der Waals surface area contributed by atoms with Gasteiger partial charge in [-0.2, -0.15) is 0 Å². The number of carbonyl (C=O) groups is 6. The Kier molecular flexibility index (Phi) is 10.8. The van der Waals surface area contributed by atoms with Crippen LogP contribution < -0.4 is 0 Å². The van der Waals surface area contributed by atoms with Gasteiger partial charge in [0.25, 0.3) is 0 Å². The van der Waals surface area contributed by atoms with Crippen LogP contribution in [0.3, 0.4) is 0 Å². The van der Waals surface area contributed by atoms with Crippen molar-refractivity contribution in [3.63, 3.8) is 0 Å². The van der Waals surface area contributed by atoms with Gasteiger partial charge in [-0.15, -0.1) is 0 Å². The maximum absolute atomic E-state index is 12.5. The molecule has 0 saturated carbocycles. The van der Waals surface area contributed by atoms with E-state index in [0.717, 1.165) is 42.7 Å². The molecule has 0 bridgehead atoms. The number of rotatable bonds is 8. The van der Waals surface area contributed by atoms with Crippen molar-refractivity contribution >= 4 is 35.8 Å². The lowest BCUT2D eigenvalue weighted by atomic mass is 9.93. The number of hydrogen-bond acceptors (Lipinski definition) is 12. The van der Waals surface area contributed by atoms with Crippen molar-refractivity contribution in [2.24, 2.45) is 0 Å². The van der Waals surface area contributed by atoms with Crippen LogP contribution in [0.5, 0.6) is 0 Å². The van der Waals surface area contributed by atoms with Crippen LogP contribution in [0.25, 0.3) is 0 Å². The second-order valence-corrected chi connectivity index (χ2v) is 4.88. The van der Waals surface area contributed by atoms with Crippen molar-refractivity contribution in [1.29, 1.82) is 0 Å². The summed E-state index contributed by atoms with van der Waals surface area (Å²) < 4.78 is 27.0. The fourth-order valence-electron chi connectivity index (χ4n) is 1.94. The van der Waals surface area contributed by atoms with E-state index < -0.39 is 58.1 Å². The summed E-state index contributed by atoms with van der Waals surface area (Å²) in [4.78, 5) is 73.0. The van der Waals surface area contributed by atoms with Crippen LogP contribution in [-0.4, -0.2) is 78.5 Å². The molecule has 0 aromatic heterocycles. The van der Waals surface area contributed by atoms with Crippen LogP contribution in [0.2, 0.25) is 0 Å². The molecule has 12 heteroatoms. The second-order valence-electron chi connectivity index (χ2n) is 4.88. The highest BCUT2D eigenvalue weighted by Crippen LogP contribution is 2.26. The van der Waals surface area contributed by atoms with Gasteiger partial charge >= 0.3 is 35.8 Å². The molecule has 0 spiro atoms. The van der Waals surface area contributed by atoms with E-state index in [2.05, 4.69) is 28.4 Å². The molecule has 0 aromatic carbocycles. The van der Waals surface area contributed by atoms with Crippen molar-refractivity contribution in [3.05, 3.63) is 34.4 Å². The van der Waals surface area contributed by atoms with Crippen LogP contribution in [0.1, 0.15) is 0 Å². The first-order valence-corrected chi connectivity index (χ1v) is 7.80. The third-order valence-electron chi connectivity index (χ3n) is 3.31. The first-order chi connectivity index (χ1) is 14.1. The minimum absolute atomic E-state index is 0.522. The highest BCUT2D eigenvalue weighted by molar-refractivity contribution is 6.19. The Balaban J connectivity index is 7.61. The van der Waals surface area contributed by atoms with Gasteiger partial charge in [0.15, 0.2) is 0 Å². The van der Waals surface area contributed by atoms with Gasteiger partial charge in [0.05, 0.1) is 65.0 Å². The molecule has 0 fully saturated rings. The van der Waals surface area contributed by atoms with E-state index in [-0.39, 0.29) is 0 Å². The molecule has 0 atom stereocenters. The Morgan fingerprint density at radius 1 is 0.433 bits per heavy atom. The molecule has 0 unspecified atom stereocenters. The smallest absolute Gasteiger partial charge is 0.339 e. The molecule has 12 nitrogen and oxygen atoms in total. The van der Waals surface area contributed by atoms with Crippen molar-refractivity contribution < 1.29 is 57.2 Å². The minimum atomic E-state index is -1.35. The van der Waals surface area contributed by atoms with Gasteiger partial charge in [0, 0.05) is 12.2 Å². The SMILES string of the molecule is COC(=O)\C=C(C(=O)OC)/C(C(=O)OC)=C(C(=O)OC)/C(=C\C(=O)OC)C(=O)OC. The number of ether oxygens (including phenoxy) is 6. The molecule has 0 N–H and O–H groups in total. The topological polar surface area (TPSA) is 158 Å². The van der Waals surface area contributed by atoms with E-state index in [1.807, 2.05) is 0 Å². The molecular formula is C18H20O12. The molecule has 0 aliphatic rings. The molecule has 164 valence electrons. The molecule has 0 saturated heterocycles. The van der Waals surface area contributed by atoms with Crippen LogP contribution >= 0.6 is 0 Å². The Hall–Kier alpha value is -3.96. The van der Waals surface area contributed by atoms with Crippen molar-refractivity contribution in [1.82, 2.24) is 0 Å². The van der Waals surface area contributed by atoms with Gasteiger partial charge in [-0.25, -0.2) is 28.8 Å². The molecule has 0 radical (unpaired) electrons. The van der Waals surface area contributed by atoms with E-state index >= 15 is 0 Å². The van der Waals surface area contributed by atoms with E-state index in [0.29, 0.717) is 12.2 Å². The quantitative estimate of drug-likeness (QED) is 0.205. The third-order valence-corrected chi connectivity index (χ3v) is 3.31. The summed E-state index contributed by atoms with van der Waals surface area (Å²) in [6, 6.07) is 0. The zero-order chi connectivity index (χ0) is 23.4. The lowest BCUT2D eigenvalue weighted by molar-refractivity contribution is -0.142. The largest absolute Gasteiger partial charge is 0.466 e. The fourth-order valence-corrected chi connectivity index (χ4v) is 1.94. The van der Waals surface area contributed by atoms with Crippen LogP contribution in [0, 0.1) is 0 Å². The normalized spacial score (nSPS) is 12.1. The summed E-state index contributed by atoms with van der Waals surface area (Å²) in [6.45, 7) is 0. The highest BCUT2D eigenvalue weighted by atomic mass is 16.5. The van der Waals surface area contributed by atoms with E-state index in [4.69, 9.17) is 0 Å². The Morgan fingerprint density at radius 3 is 0.900 bits per heavy atom. The predicted molar refractivity (Wildman–Crippen MR) is 95.3 cm³/mol. The lowest BCUT2D eigenvalue weighted by Crippen LogP contribution is -2.25. The van der Waals surface area contributed by atoms with Crippen LogP contribution in [0.15, 0.2) is 34.4 Å². The zero-order valence-corrected chi connectivity index (χ0v) is 17.1. The average molecular weight is 428 g/mol. The third kappa shape index (κ3) is 6.58. The summed E-state index contributed by atoms with van der Waals surface area (Å²) in [5.74, 6) is -7.48. The van der Waals surface area contributed by atoms with Crippen LogP contribution in [-0.2, 0) is 57.2 Å². The Morgan fingerprint density at radius 2 is 0.700 bits per heavy atom. The molecule has 0 aromatic rings. The fraction of sp³-hybridized carbons (Fsp3) is 0.333. The predicted octanol–water partition coefficient (Wildman–Crippen LogP) is -0.826. The molecular weight excluding hydrogens is 408 g/mol. The minimum Gasteiger partial charge on any atom is -0.466 e. The lowest BCUT2D eigenvalue weighted by Gasteiger charge is -2.15. The summed E-state index contributed by atoms with van der Waals surface area (Å²) in [6.07, 6.45) is 1.04. The highest BCUT2D eigenvalue weighted by Gasteiger charge is 2.35. The van der Waals surface area contributed by atoms with Crippen molar-refractivity contribution in [3.8, 4) is 0 Å². The van der Waals surface area contributed by atoms with E-state index in [1.165, 1.54) is 0 Å². The maximum atomic E-state index is 12.5. The van der Waals surface area contributed by atoms with Gasteiger partial charge in [-0.05, 0) is 0 Å². The van der Waals surface area contributed by atoms with Gasteiger partial charge < -0.3 is 28.4 Å². The van der Waals surface area contributed by atoms with Gasteiger partial charge in [-0.1, -0.05) is 0 Å². The average Bonchev–Trinajstić information content (AvgIpc) is 2.77. The van der Waals surface area contributed by atoms with Gasteiger partial charge in [0.1, 0.15) is 0 Å². The standard InChI is InChI=1S/C18H20O12/c1-25-11(19)7-9(15(21)27-3)13(17(23)29-5)14(18(24)30-6)10(16(22)28-4)8-12(20)26-2/h7-8H,1-6H3/b9-7+,10-8+,14-13+.